The molecule has 4 aromatic carbocycles. The molecular weight excluding hydrogens is 563 g/mol. The number of rotatable bonds is 12. The summed E-state index contributed by atoms with van der Waals surface area (Å²) in [5.74, 6) is -2.63. The summed E-state index contributed by atoms with van der Waals surface area (Å²) >= 11 is 12.1. The predicted octanol–water partition coefficient (Wildman–Crippen LogP) is 6.17. The molecule has 1 amide bonds. The highest BCUT2D eigenvalue weighted by molar-refractivity contribution is 6.33. The Bertz CT molecular complexity index is 1520. The minimum atomic E-state index is -1.15. The minimum Gasteiger partial charge on any atom is -0.480 e. The minimum absolute atomic E-state index is 0.0843. The van der Waals surface area contributed by atoms with E-state index in [1.807, 2.05) is 65.6 Å². The summed E-state index contributed by atoms with van der Waals surface area (Å²) in [4.78, 5) is 38.0. The van der Waals surface area contributed by atoms with Gasteiger partial charge in [-0.25, -0.2) is 4.79 Å². The molecule has 9 heteroatoms. The molecule has 0 radical (unpaired) electrons. The van der Waals surface area contributed by atoms with E-state index in [4.69, 9.17) is 23.2 Å². The van der Waals surface area contributed by atoms with Crippen molar-refractivity contribution in [3.05, 3.63) is 129 Å². The lowest BCUT2D eigenvalue weighted by Gasteiger charge is -2.22. The summed E-state index contributed by atoms with van der Waals surface area (Å²) in [7, 11) is 0. The van der Waals surface area contributed by atoms with Gasteiger partial charge in [0.15, 0.2) is 0 Å². The highest BCUT2D eigenvalue weighted by Crippen LogP contribution is 2.26. The van der Waals surface area contributed by atoms with Gasteiger partial charge in [0.05, 0.1) is 17.1 Å². The van der Waals surface area contributed by atoms with Gasteiger partial charge < -0.3 is 15.5 Å². The largest absolute Gasteiger partial charge is 0.480 e. The molecule has 0 heterocycles. The number of carboxylic acids is 2. The van der Waals surface area contributed by atoms with Crippen LogP contribution in [0.1, 0.15) is 27.0 Å². The molecule has 0 fully saturated rings. The van der Waals surface area contributed by atoms with E-state index in [0.29, 0.717) is 18.1 Å². The number of hydrogen-bond donors (Lipinski definition) is 3. The lowest BCUT2D eigenvalue weighted by atomic mass is 9.96. The van der Waals surface area contributed by atoms with Crippen molar-refractivity contribution in [3.63, 3.8) is 0 Å². The highest BCUT2D eigenvalue weighted by atomic mass is 35.5. The van der Waals surface area contributed by atoms with E-state index < -0.39 is 23.9 Å². The normalized spacial score (nSPS) is 11.7. The second kappa shape index (κ2) is 13.9. The third-order valence-corrected chi connectivity index (χ3v) is 7.10. The molecule has 0 aliphatic carbocycles. The second-order valence-electron chi connectivity index (χ2n) is 9.57. The van der Waals surface area contributed by atoms with E-state index in [2.05, 4.69) is 5.32 Å². The highest BCUT2D eigenvalue weighted by Gasteiger charge is 2.22. The van der Waals surface area contributed by atoms with Crippen molar-refractivity contribution in [2.75, 3.05) is 6.54 Å². The maximum absolute atomic E-state index is 12.6. The average molecular weight is 591 g/mol. The molecule has 1 unspecified atom stereocenters. The Labute approximate surface area is 248 Å². The standard InChI is InChI=1S/C32H28Cl2N2O5/c33-25-15-11-22(12-16-25)18-36(20-30(37)38)19-24-5-1-2-6-26(24)23-13-9-21(10-14-23)17-29(32(40)41)35-31(39)27-7-3-4-8-28(27)34/h1-16,29H,17-20H2,(H,35,39)(H,37,38)(H,40,41). The molecule has 1 atom stereocenters. The Morgan fingerprint density at radius 1 is 0.756 bits per heavy atom. The monoisotopic (exact) mass is 590 g/mol. The fourth-order valence-corrected chi connectivity index (χ4v) is 4.87. The van der Waals surface area contributed by atoms with Gasteiger partial charge in [0.1, 0.15) is 6.04 Å². The lowest BCUT2D eigenvalue weighted by Crippen LogP contribution is -2.42. The zero-order chi connectivity index (χ0) is 29.4. The molecule has 0 bridgehead atoms. The summed E-state index contributed by atoms with van der Waals surface area (Å²) in [6, 6.07) is 27.8. The molecule has 0 aliphatic rings. The summed E-state index contributed by atoms with van der Waals surface area (Å²) in [6.07, 6.45) is 0.0843. The van der Waals surface area contributed by atoms with Crippen molar-refractivity contribution in [3.8, 4) is 11.1 Å². The Morgan fingerprint density at radius 2 is 1.39 bits per heavy atom. The lowest BCUT2D eigenvalue weighted by molar-refractivity contribution is -0.139. The number of carbonyl (C=O) groups excluding carboxylic acids is 1. The number of nitrogens with one attached hydrogen (secondary N) is 1. The van der Waals surface area contributed by atoms with Crippen molar-refractivity contribution in [1.82, 2.24) is 10.2 Å². The number of amides is 1. The molecular formula is C32H28Cl2N2O5. The number of aliphatic carboxylic acids is 2. The number of benzene rings is 4. The van der Waals surface area contributed by atoms with Gasteiger partial charge in [-0.05, 0) is 52.1 Å². The number of carbonyl (C=O) groups is 3. The van der Waals surface area contributed by atoms with Crippen LogP contribution in [0.4, 0.5) is 0 Å². The molecule has 4 aromatic rings. The van der Waals surface area contributed by atoms with E-state index >= 15 is 0 Å². The van der Waals surface area contributed by atoms with Crippen LogP contribution in [0.2, 0.25) is 10.0 Å². The summed E-state index contributed by atoms with van der Waals surface area (Å²) in [6.45, 7) is 0.710. The van der Waals surface area contributed by atoms with Crippen LogP contribution in [0.5, 0.6) is 0 Å². The van der Waals surface area contributed by atoms with Crippen LogP contribution in [-0.2, 0) is 29.1 Å². The van der Waals surface area contributed by atoms with Crippen LogP contribution in [0.3, 0.4) is 0 Å². The van der Waals surface area contributed by atoms with E-state index in [1.165, 1.54) is 6.07 Å². The molecule has 3 N–H and O–H groups in total. The average Bonchev–Trinajstić information content (AvgIpc) is 2.94. The van der Waals surface area contributed by atoms with Crippen LogP contribution < -0.4 is 5.32 Å². The molecule has 0 aromatic heterocycles. The Morgan fingerprint density at radius 3 is 2.05 bits per heavy atom. The number of nitrogens with zero attached hydrogens (tertiary/aromatic N) is 1. The Hall–Kier alpha value is -4.17. The Kier molecular flexibility index (Phi) is 10.1. The van der Waals surface area contributed by atoms with Crippen LogP contribution >= 0.6 is 23.2 Å². The van der Waals surface area contributed by atoms with Gasteiger partial charge in [-0.3, -0.25) is 14.5 Å². The number of halogens is 2. The first-order valence-corrected chi connectivity index (χ1v) is 13.6. The van der Waals surface area contributed by atoms with Gasteiger partial charge in [0, 0.05) is 24.5 Å². The first kappa shape index (κ1) is 29.8. The van der Waals surface area contributed by atoms with Gasteiger partial charge >= 0.3 is 11.9 Å². The molecule has 0 saturated carbocycles. The predicted molar refractivity (Wildman–Crippen MR) is 159 cm³/mol. The molecule has 0 spiro atoms. The molecule has 0 saturated heterocycles. The van der Waals surface area contributed by atoms with Gasteiger partial charge in [-0.1, -0.05) is 96.0 Å². The van der Waals surface area contributed by atoms with E-state index in [9.17, 15) is 24.6 Å². The van der Waals surface area contributed by atoms with E-state index in [-0.39, 0.29) is 23.6 Å². The summed E-state index contributed by atoms with van der Waals surface area (Å²) in [5.41, 5.74) is 4.68. The van der Waals surface area contributed by atoms with E-state index in [0.717, 1.165) is 27.8 Å². The van der Waals surface area contributed by atoms with Crippen molar-refractivity contribution >= 4 is 41.0 Å². The van der Waals surface area contributed by atoms with Crippen molar-refractivity contribution in [1.29, 1.82) is 0 Å². The maximum Gasteiger partial charge on any atom is 0.326 e. The summed E-state index contributed by atoms with van der Waals surface area (Å²) in [5, 5.41) is 22.7. The third-order valence-electron chi connectivity index (χ3n) is 6.52. The SMILES string of the molecule is O=C(O)CN(Cc1ccc(Cl)cc1)Cc1ccccc1-c1ccc(CC(NC(=O)c2ccccc2Cl)C(=O)O)cc1. The second-order valence-corrected chi connectivity index (χ2v) is 10.4. The van der Waals surface area contributed by atoms with Crippen LogP contribution in [0.15, 0.2) is 97.1 Å². The van der Waals surface area contributed by atoms with Crippen molar-refractivity contribution in [2.45, 2.75) is 25.6 Å². The molecule has 7 nitrogen and oxygen atoms in total. The zero-order valence-corrected chi connectivity index (χ0v) is 23.5. The van der Waals surface area contributed by atoms with E-state index in [1.54, 1.807) is 30.3 Å². The van der Waals surface area contributed by atoms with Gasteiger partial charge in [0.2, 0.25) is 0 Å². The first-order chi connectivity index (χ1) is 19.7. The quantitative estimate of drug-likeness (QED) is 0.182. The zero-order valence-electron chi connectivity index (χ0n) is 22.0. The first-order valence-electron chi connectivity index (χ1n) is 12.8. The van der Waals surface area contributed by atoms with Gasteiger partial charge in [0.25, 0.3) is 5.91 Å². The number of carboxylic acid groups (broad SMARTS) is 2. The van der Waals surface area contributed by atoms with Crippen molar-refractivity contribution < 1.29 is 24.6 Å². The van der Waals surface area contributed by atoms with Gasteiger partial charge in [-0.2, -0.15) is 0 Å². The molecule has 41 heavy (non-hydrogen) atoms. The summed E-state index contributed by atoms with van der Waals surface area (Å²) < 4.78 is 0. The van der Waals surface area contributed by atoms with Crippen LogP contribution in [0.25, 0.3) is 11.1 Å². The topological polar surface area (TPSA) is 107 Å². The van der Waals surface area contributed by atoms with Gasteiger partial charge in [-0.15, -0.1) is 0 Å². The smallest absolute Gasteiger partial charge is 0.326 e. The van der Waals surface area contributed by atoms with Crippen LogP contribution in [-0.4, -0.2) is 45.5 Å². The van der Waals surface area contributed by atoms with Crippen LogP contribution in [0, 0.1) is 0 Å². The molecule has 210 valence electrons. The fraction of sp³-hybridized carbons (Fsp3) is 0.156. The fourth-order valence-electron chi connectivity index (χ4n) is 4.53. The molecule has 4 rings (SSSR count). The Balaban J connectivity index is 1.49. The maximum atomic E-state index is 12.6. The number of hydrogen-bond acceptors (Lipinski definition) is 4. The molecule has 0 aliphatic heterocycles. The third kappa shape index (κ3) is 8.41. The van der Waals surface area contributed by atoms with Crippen molar-refractivity contribution in [2.24, 2.45) is 0 Å².